The molecule has 0 heterocycles. The van der Waals surface area contributed by atoms with E-state index < -0.39 is 5.97 Å². The summed E-state index contributed by atoms with van der Waals surface area (Å²) in [4.78, 5) is 11.0. The quantitative estimate of drug-likeness (QED) is 0.255. The van der Waals surface area contributed by atoms with Crippen molar-refractivity contribution < 1.29 is 9.53 Å². The molecule has 1 rings (SSSR count). The van der Waals surface area contributed by atoms with E-state index in [1.807, 2.05) is 12.1 Å². The van der Waals surface area contributed by atoms with E-state index in [9.17, 15) is 4.79 Å². The second kappa shape index (κ2) is 5.64. The molecule has 74 valence electrons. The summed E-state index contributed by atoms with van der Waals surface area (Å²) < 4.78 is 8.08. The first kappa shape index (κ1) is 12.7. The molecular formula is C9H5I3O2. The lowest BCUT2D eigenvalue weighted by Gasteiger charge is -2.07. The van der Waals surface area contributed by atoms with Gasteiger partial charge in [0.1, 0.15) is 0 Å². The van der Waals surface area contributed by atoms with Crippen LogP contribution in [0.3, 0.4) is 0 Å². The molecular weight excluding hydrogens is 521 g/mol. The van der Waals surface area contributed by atoms with E-state index in [0.717, 1.165) is 16.8 Å². The molecule has 14 heavy (non-hydrogen) atoms. The van der Waals surface area contributed by atoms with Crippen molar-refractivity contribution in [2.75, 3.05) is 0 Å². The molecule has 0 aliphatic heterocycles. The lowest BCUT2D eigenvalue weighted by molar-refractivity contribution is -0.129. The van der Waals surface area contributed by atoms with E-state index in [4.69, 9.17) is 4.74 Å². The lowest BCUT2D eigenvalue weighted by Crippen LogP contribution is -2.06. The largest absolute Gasteiger partial charge is 0.421 e. The van der Waals surface area contributed by atoms with Gasteiger partial charge in [-0.15, -0.1) is 0 Å². The van der Waals surface area contributed by atoms with Gasteiger partial charge in [-0.25, -0.2) is 4.79 Å². The monoisotopic (exact) mass is 526 g/mol. The molecule has 0 bridgehead atoms. The highest BCUT2D eigenvalue weighted by Gasteiger charge is 2.10. The van der Waals surface area contributed by atoms with Crippen molar-refractivity contribution in [1.82, 2.24) is 0 Å². The van der Waals surface area contributed by atoms with Crippen LogP contribution in [0.15, 0.2) is 24.8 Å². The average Bonchev–Trinajstić information content (AvgIpc) is 2.10. The molecule has 0 radical (unpaired) electrons. The molecule has 1 aromatic carbocycles. The molecule has 1 aromatic rings. The molecule has 0 aliphatic rings. The Hall–Kier alpha value is 0.620. The first-order valence-electron chi connectivity index (χ1n) is 3.53. The van der Waals surface area contributed by atoms with E-state index in [1.54, 1.807) is 0 Å². The minimum atomic E-state index is -0.429. The minimum Gasteiger partial charge on any atom is -0.421 e. The maximum atomic E-state index is 11.0. The minimum absolute atomic E-state index is 0.429. The normalized spacial score (nSPS) is 9.64. The van der Waals surface area contributed by atoms with Gasteiger partial charge in [0.05, 0.1) is 7.14 Å². The standard InChI is InChI=1S/C9H5I3O2/c1-2-8(13)14-9-6(11)3-5(10)4-7(9)12/h2-4H,1H2. The Morgan fingerprint density at radius 1 is 1.29 bits per heavy atom. The van der Waals surface area contributed by atoms with Crippen molar-refractivity contribution >= 4 is 73.7 Å². The molecule has 0 amide bonds. The van der Waals surface area contributed by atoms with Crippen LogP contribution in [0.5, 0.6) is 5.75 Å². The predicted octanol–water partition coefficient (Wildman–Crippen LogP) is 3.59. The summed E-state index contributed by atoms with van der Waals surface area (Å²) in [6.07, 6.45) is 1.16. The van der Waals surface area contributed by atoms with E-state index in [0.29, 0.717) is 5.75 Å². The molecule has 0 atom stereocenters. The summed E-state index contributed by atoms with van der Waals surface area (Å²) in [5, 5.41) is 0. The number of rotatable bonds is 2. The van der Waals surface area contributed by atoms with Gasteiger partial charge in [-0.05, 0) is 79.9 Å². The van der Waals surface area contributed by atoms with Crippen LogP contribution < -0.4 is 4.74 Å². The predicted molar refractivity (Wildman–Crippen MR) is 80.4 cm³/mol. The Labute approximate surface area is 123 Å². The fourth-order valence-electron chi connectivity index (χ4n) is 0.769. The Kier molecular flexibility index (Phi) is 5.11. The van der Waals surface area contributed by atoms with E-state index in [-0.39, 0.29) is 0 Å². The number of halogens is 3. The maximum absolute atomic E-state index is 11.0. The van der Waals surface area contributed by atoms with Gasteiger partial charge < -0.3 is 4.74 Å². The topological polar surface area (TPSA) is 26.3 Å². The van der Waals surface area contributed by atoms with Crippen LogP contribution in [0.1, 0.15) is 0 Å². The van der Waals surface area contributed by atoms with E-state index in [1.165, 1.54) is 0 Å². The SMILES string of the molecule is C=CC(=O)Oc1c(I)cc(I)cc1I. The molecule has 2 nitrogen and oxygen atoms in total. The molecule has 0 N–H and O–H groups in total. The third-order valence-electron chi connectivity index (χ3n) is 1.33. The number of benzene rings is 1. The zero-order chi connectivity index (χ0) is 10.7. The van der Waals surface area contributed by atoms with Crippen LogP contribution >= 0.6 is 67.8 Å². The molecule has 0 spiro atoms. The van der Waals surface area contributed by atoms with Crippen LogP contribution in [-0.2, 0) is 4.79 Å². The number of hydrogen-bond acceptors (Lipinski definition) is 2. The van der Waals surface area contributed by atoms with Gasteiger partial charge in [0.2, 0.25) is 0 Å². The van der Waals surface area contributed by atoms with Crippen molar-refractivity contribution in [3.63, 3.8) is 0 Å². The second-order valence-electron chi connectivity index (χ2n) is 2.32. The maximum Gasteiger partial charge on any atom is 0.335 e. The van der Waals surface area contributed by atoms with Gasteiger partial charge in [-0.2, -0.15) is 0 Å². The number of ether oxygens (including phenoxy) is 1. The summed E-state index contributed by atoms with van der Waals surface area (Å²) in [6.45, 7) is 3.35. The number of hydrogen-bond donors (Lipinski definition) is 0. The second-order valence-corrected chi connectivity index (χ2v) is 5.89. The Morgan fingerprint density at radius 2 is 1.79 bits per heavy atom. The van der Waals surface area contributed by atoms with Crippen molar-refractivity contribution in [2.45, 2.75) is 0 Å². The molecule has 0 saturated heterocycles. The summed E-state index contributed by atoms with van der Waals surface area (Å²) in [6, 6.07) is 3.91. The number of esters is 1. The highest BCUT2D eigenvalue weighted by Crippen LogP contribution is 2.29. The first-order valence-corrected chi connectivity index (χ1v) is 6.77. The Bertz CT molecular complexity index is 365. The van der Waals surface area contributed by atoms with Gasteiger partial charge in [0.15, 0.2) is 5.75 Å². The molecule has 0 aromatic heterocycles. The fourth-order valence-corrected chi connectivity index (χ4v) is 4.57. The summed E-state index contributed by atoms with van der Waals surface area (Å²) in [5.41, 5.74) is 0. The van der Waals surface area contributed by atoms with Gasteiger partial charge >= 0.3 is 5.97 Å². The van der Waals surface area contributed by atoms with Crippen molar-refractivity contribution in [1.29, 1.82) is 0 Å². The van der Waals surface area contributed by atoms with Crippen LogP contribution in [0.4, 0.5) is 0 Å². The molecule has 0 aliphatic carbocycles. The van der Waals surface area contributed by atoms with Crippen molar-refractivity contribution in [3.8, 4) is 5.75 Å². The molecule has 5 heteroatoms. The van der Waals surface area contributed by atoms with Crippen LogP contribution in [0, 0.1) is 10.7 Å². The van der Waals surface area contributed by atoms with Crippen LogP contribution in [0.2, 0.25) is 0 Å². The number of carbonyl (C=O) groups excluding carboxylic acids is 1. The third kappa shape index (κ3) is 3.33. The van der Waals surface area contributed by atoms with Crippen LogP contribution in [-0.4, -0.2) is 5.97 Å². The summed E-state index contributed by atoms with van der Waals surface area (Å²) in [7, 11) is 0. The number of carbonyl (C=O) groups is 1. The zero-order valence-corrected chi connectivity index (χ0v) is 13.4. The highest BCUT2D eigenvalue weighted by molar-refractivity contribution is 14.1. The summed E-state index contributed by atoms with van der Waals surface area (Å²) in [5.74, 6) is 0.179. The molecule has 0 fully saturated rings. The highest BCUT2D eigenvalue weighted by atomic mass is 127. The Balaban J connectivity index is 3.08. The van der Waals surface area contributed by atoms with Gasteiger partial charge in [-0.3, -0.25) is 0 Å². The average molecular weight is 526 g/mol. The van der Waals surface area contributed by atoms with Gasteiger partial charge in [0.25, 0.3) is 0 Å². The van der Waals surface area contributed by atoms with E-state index in [2.05, 4.69) is 74.4 Å². The fraction of sp³-hybridized carbons (Fsp3) is 0. The first-order chi connectivity index (χ1) is 6.54. The van der Waals surface area contributed by atoms with Crippen molar-refractivity contribution in [3.05, 3.63) is 35.5 Å². The van der Waals surface area contributed by atoms with Crippen molar-refractivity contribution in [2.24, 2.45) is 0 Å². The molecule has 0 unspecified atom stereocenters. The van der Waals surface area contributed by atoms with Gasteiger partial charge in [0, 0.05) is 9.65 Å². The molecule has 0 saturated carbocycles. The van der Waals surface area contributed by atoms with E-state index >= 15 is 0 Å². The lowest BCUT2D eigenvalue weighted by atomic mass is 10.3. The van der Waals surface area contributed by atoms with Gasteiger partial charge in [-0.1, -0.05) is 6.58 Å². The zero-order valence-electron chi connectivity index (χ0n) is 6.89. The Morgan fingerprint density at radius 3 is 2.21 bits per heavy atom. The summed E-state index contributed by atoms with van der Waals surface area (Å²) >= 11 is 6.50. The third-order valence-corrected chi connectivity index (χ3v) is 3.56. The smallest absolute Gasteiger partial charge is 0.335 e. The van der Waals surface area contributed by atoms with Crippen LogP contribution in [0.25, 0.3) is 0 Å².